The van der Waals surface area contributed by atoms with Gasteiger partial charge in [-0.3, -0.25) is 0 Å². The number of aliphatic hydroxyl groups excluding tert-OH is 1. The lowest BCUT2D eigenvalue weighted by Gasteiger charge is -2.21. The van der Waals surface area contributed by atoms with E-state index < -0.39 is 10.0 Å². The summed E-state index contributed by atoms with van der Waals surface area (Å²) in [5.74, 6) is 0.0190. The monoisotopic (exact) mass is 269 g/mol. The van der Waals surface area contributed by atoms with Crippen LogP contribution in [0.15, 0.2) is 24.3 Å². The highest BCUT2D eigenvalue weighted by Gasteiger charge is 2.31. The largest absolute Gasteiger partial charge is 0.392 e. The molecular formula is C13H19NO3S. The number of benzene rings is 1. The van der Waals surface area contributed by atoms with Crippen LogP contribution in [0.5, 0.6) is 0 Å². The van der Waals surface area contributed by atoms with Crippen LogP contribution in [0.1, 0.15) is 30.9 Å². The fourth-order valence-electron chi connectivity index (χ4n) is 2.43. The number of hydrogen-bond acceptors (Lipinski definition) is 3. The van der Waals surface area contributed by atoms with Crippen LogP contribution in [0.3, 0.4) is 0 Å². The van der Waals surface area contributed by atoms with E-state index in [2.05, 4.69) is 0 Å². The molecule has 1 heterocycles. The topological polar surface area (TPSA) is 57.6 Å². The third-order valence-corrected chi connectivity index (χ3v) is 5.33. The summed E-state index contributed by atoms with van der Waals surface area (Å²) in [6.07, 6.45) is 1.88. The normalized spacial score (nSPS) is 21.3. The molecule has 1 aromatic carbocycles. The Labute approximate surface area is 108 Å². The second-order valence-corrected chi connectivity index (χ2v) is 6.76. The van der Waals surface area contributed by atoms with Gasteiger partial charge in [-0.2, -0.15) is 4.31 Å². The Hall–Kier alpha value is -0.910. The zero-order chi connectivity index (χ0) is 13.2. The summed E-state index contributed by atoms with van der Waals surface area (Å²) in [6.45, 7) is 2.52. The highest BCUT2D eigenvalue weighted by atomic mass is 32.2. The quantitative estimate of drug-likeness (QED) is 0.901. The molecule has 5 heteroatoms. The van der Waals surface area contributed by atoms with Crippen molar-refractivity contribution in [1.82, 2.24) is 4.31 Å². The molecule has 1 aliphatic heterocycles. The molecule has 1 fully saturated rings. The summed E-state index contributed by atoms with van der Waals surface area (Å²) in [5, 5.41) is 9.05. The minimum absolute atomic E-state index is 0.0190. The van der Waals surface area contributed by atoms with Crippen molar-refractivity contribution in [3.05, 3.63) is 35.4 Å². The van der Waals surface area contributed by atoms with E-state index in [1.54, 1.807) is 28.6 Å². The van der Waals surface area contributed by atoms with E-state index in [-0.39, 0.29) is 18.4 Å². The van der Waals surface area contributed by atoms with E-state index >= 15 is 0 Å². The SMILES string of the molecule is CC1CCCN1S(=O)(=O)Cc1cccc(CO)c1. The summed E-state index contributed by atoms with van der Waals surface area (Å²) in [7, 11) is -3.24. The smallest absolute Gasteiger partial charge is 0.218 e. The van der Waals surface area contributed by atoms with Crippen LogP contribution in [-0.4, -0.2) is 30.4 Å². The van der Waals surface area contributed by atoms with Crippen LogP contribution in [0, 0.1) is 0 Å². The fraction of sp³-hybridized carbons (Fsp3) is 0.538. The van der Waals surface area contributed by atoms with Crippen molar-refractivity contribution in [2.45, 2.75) is 38.2 Å². The predicted molar refractivity (Wildman–Crippen MR) is 70.4 cm³/mol. The first-order valence-electron chi connectivity index (χ1n) is 6.21. The maximum atomic E-state index is 12.3. The van der Waals surface area contributed by atoms with Gasteiger partial charge in [0.1, 0.15) is 0 Å². The molecule has 1 N–H and O–H groups in total. The fourth-order valence-corrected chi connectivity index (χ4v) is 4.26. The number of sulfonamides is 1. The molecule has 1 aliphatic rings. The molecule has 0 amide bonds. The van der Waals surface area contributed by atoms with Crippen molar-refractivity contribution in [3.8, 4) is 0 Å². The van der Waals surface area contributed by atoms with Crippen LogP contribution in [-0.2, 0) is 22.4 Å². The molecule has 1 unspecified atom stereocenters. The zero-order valence-electron chi connectivity index (χ0n) is 10.5. The van der Waals surface area contributed by atoms with Gasteiger partial charge in [-0.05, 0) is 30.9 Å². The van der Waals surface area contributed by atoms with E-state index in [4.69, 9.17) is 5.11 Å². The maximum Gasteiger partial charge on any atom is 0.218 e. The predicted octanol–water partition coefficient (Wildman–Crippen LogP) is 1.49. The van der Waals surface area contributed by atoms with Gasteiger partial charge in [-0.15, -0.1) is 0 Å². The Balaban J connectivity index is 2.16. The van der Waals surface area contributed by atoms with Crippen LogP contribution in [0.4, 0.5) is 0 Å². The van der Waals surface area contributed by atoms with Crippen molar-refractivity contribution in [2.75, 3.05) is 6.54 Å². The van der Waals surface area contributed by atoms with Gasteiger partial charge in [0.25, 0.3) is 0 Å². The first-order valence-corrected chi connectivity index (χ1v) is 7.82. The highest BCUT2D eigenvalue weighted by Crippen LogP contribution is 2.23. The minimum atomic E-state index is -3.24. The van der Waals surface area contributed by atoms with Gasteiger partial charge in [0, 0.05) is 12.6 Å². The molecule has 0 spiro atoms. The minimum Gasteiger partial charge on any atom is -0.392 e. The van der Waals surface area contributed by atoms with Crippen LogP contribution in [0.2, 0.25) is 0 Å². The van der Waals surface area contributed by atoms with E-state index in [1.807, 2.05) is 6.92 Å². The Kier molecular flexibility index (Phi) is 4.04. The van der Waals surface area contributed by atoms with Gasteiger partial charge < -0.3 is 5.11 Å². The number of nitrogens with zero attached hydrogens (tertiary/aromatic N) is 1. The van der Waals surface area contributed by atoms with Crippen molar-refractivity contribution < 1.29 is 13.5 Å². The third-order valence-electron chi connectivity index (χ3n) is 3.37. The van der Waals surface area contributed by atoms with Crippen molar-refractivity contribution in [2.24, 2.45) is 0 Å². The van der Waals surface area contributed by atoms with E-state index in [9.17, 15) is 8.42 Å². The summed E-state index contributed by atoms with van der Waals surface area (Å²) in [4.78, 5) is 0. The molecule has 1 aromatic rings. The van der Waals surface area contributed by atoms with Crippen LogP contribution >= 0.6 is 0 Å². The lowest BCUT2D eigenvalue weighted by molar-refractivity contribution is 0.281. The average Bonchev–Trinajstić information content (AvgIpc) is 2.76. The number of rotatable bonds is 4. The third kappa shape index (κ3) is 2.91. The van der Waals surface area contributed by atoms with Crippen molar-refractivity contribution in [1.29, 1.82) is 0 Å². The average molecular weight is 269 g/mol. The Morgan fingerprint density at radius 2 is 2.11 bits per heavy atom. The summed E-state index contributed by atoms with van der Waals surface area (Å²) in [5.41, 5.74) is 1.48. The van der Waals surface area contributed by atoms with Crippen LogP contribution in [0.25, 0.3) is 0 Å². The number of aliphatic hydroxyl groups is 1. The lowest BCUT2D eigenvalue weighted by atomic mass is 10.1. The molecule has 2 rings (SSSR count). The lowest BCUT2D eigenvalue weighted by Crippen LogP contribution is -2.34. The Morgan fingerprint density at radius 1 is 1.39 bits per heavy atom. The Morgan fingerprint density at radius 3 is 2.72 bits per heavy atom. The van der Waals surface area contributed by atoms with Gasteiger partial charge >= 0.3 is 0 Å². The summed E-state index contributed by atoms with van der Waals surface area (Å²) in [6, 6.07) is 7.21. The summed E-state index contributed by atoms with van der Waals surface area (Å²) >= 11 is 0. The first kappa shape index (κ1) is 13.5. The van der Waals surface area contributed by atoms with Gasteiger partial charge in [0.15, 0.2) is 0 Å². The molecule has 0 aromatic heterocycles. The maximum absolute atomic E-state index is 12.3. The molecule has 0 saturated carbocycles. The molecule has 1 atom stereocenters. The molecule has 1 saturated heterocycles. The van der Waals surface area contributed by atoms with Gasteiger partial charge in [0.2, 0.25) is 10.0 Å². The number of hydrogen-bond donors (Lipinski definition) is 1. The second kappa shape index (κ2) is 5.38. The standard InChI is InChI=1S/C13H19NO3S/c1-11-4-3-7-14(11)18(16,17)10-13-6-2-5-12(8-13)9-15/h2,5-6,8,11,15H,3-4,7,9-10H2,1H3. The second-order valence-electron chi connectivity index (χ2n) is 4.84. The van der Waals surface area contributed by atoms with E-state index in [0.29, 0.717) is 6.54 Å². The van der Waals surface area contributed by atoms with Gasteiger partial charge in [-0.25, -0.2) is 8.42 Å². The molecule has 18 heavy (non-hydrogen) atoms. The molecule has 0 aliphatic carbocycles. The van der Waals surface area contributed by atoms with Gasteiger partial charge in [-0.1, -0.05) is 24.3 Å². The van der Waals surface area contributed by atoms with Crippen molar-refractivity contribution in [3.63, 3.8) is 0 Å². The van der Waals surface area contributed by atoms with Gasteiger partial charge in [0.05, 0.1) is 12.4 Å². The molecule has 0 radical (unpaired) electrons. The van der Waals surface area contributed by atoms with E-state index in [0.717, 1.165) is 24.0 Å². The first-order chi connectivity index (χ1) is 8.53. The molecule has 100 valence electrons. The molecular weight excluding hydrogens is 250 g/mol. The Bertz CT molecular complexity index is 513. The molecule has 4 nitrogen and oxygen atoms in total. The highest BCUT2D eigenvalue weighted by molar-refractivity contribution is 7.88. The van der Waals surface area contributed by atoms with Crippen LogP contribution < -0.4 is 0 Å². The zero-order valence-corrected chi connectivity index (χ0v) is 11.4. The molecule has 0 bridgehead atoms. The summed E-state index contributed by atoms with van der Waals surface area (Å²) < 4.78 is 26.1. The van der Waals surface area contributed by atoms with Crippen molar-refractivity contribution >= 4 is 10.0 Å². The van der Waals surface area contributed by atoms with E-state index in [1.165, 1.54) is 0 Å².